The molecule has 0 amide bonds. The molecule has 1 aromatic rings. The van der Waals surface area contributed by atoms with E-state index in [2.05, 4.69) is 56.8 Å². The van der Waals surface area contributed by atoms with Crippen molar-refractivity contribution >= 4 is 0 Å². The van der Waals surface area contributed by atoms with Gasteiger partial charge in [0.15, 0.2) is 0 Å². The molecule has 3 nitrogen and oxygen atoms in total. The van der Waals surface area contributed by atoms with Gasteiger partial charge >= 0.3 is 0 Å². The van der Waals surface area contributed by atoms with E-state index in [1.54, 1.807) is 0 Å². The lowest BCUT2D eigenvalue weighted by Crippen LogP contribution is -2.42. The highest BCUT2D eigenvalue weighted by Gasteiger charge is 2.25. The van der Waals surface area contributed by atoms with Gasteiger partial charge in [-0.05, 0) is 50.9 Å². The number of nitrogens with zero attached hydrogens (tertiary/aromatic N) is 2. The molecule has 102 valence electrons. The van der Waals surface area contributed by atoms with Gasteiger partial charge in [-0.25, -0.2) is 0 Å². The highest BCUT2D eigenvalue weighted by molar-refractivity contribution is 5.17. The summed E-state index contributed by atoms with van der Waals surface area (Å²) in [6.07, 6.45) is 4.86. The van der Waals surface area contributed by atoms with E-state index in [1.807, 2.05) is 12.4 Å². The van der Waals surface area contributed by atoms with E-state index in [0.717, 1.165) is 0 Å². The Kier molecular flexibility index (Phi) is 5.76. The summed E-state index contributed by atoms with van der Waals surface area (Å²) >= 11 is 0. The number of rotatable bonds is 6. The fraction of sp³-hybridized carbons (Fsp3) is 0.667. The van der Waals surface area contributed by atoms with Crippen LogP contribution < -0.4 is 5.73 Å². The highest BCUT2D eigenvalue weighted by Crippen LogP contribution is 2.25. The fourth-order valence-corrected chi connectivity index (χ4v) is 2.59. The van der Waals surface area contributed by atoms with Crippen LogP contribution in [0.5, 0.6) is 0 Å². The smallest absolute Gasteiger partial charge is 0.0497 e. The minimum atomic E-state index is 0.104. The van der Waals surface area contributed by atoms with Crippen LogP contribution in [0.3, 0.4) is 0 Å². The monoisotopic (exact) mass is 249 g/mol. The van der Waals surface area contributed by atoms with Crippen LogP contribution in [0.15, 0.2) is 24.5 Å². The van der Waals surface area contributed by atoms with Crippen LogP contribution in [0.25, 0.3) is 0 Å². The molecule has 0 aromatic carbocycles. The van der Waals surface area contributed by atoms with Crippen LogP contribution in [0.1, 0.15) is 45.7 Å². The SMILES string of the molecule is CC(C)CC(C)N(C)C(c1ccncc1)C(C)N. The molecule has 0 aliphatic heterocycles. The van der Waals surface area contributed by atoms with Crippen molar-refractivity contribution in [1.29, 1.82) is 0 Å². The first-order valence-electron chi connectivity index (χ1n) is 6.81. The first-order valence-corrected chi connectivity index (χ1v) is 6.81. The van der Waals surface area contributed by atoms with Gasteiger partial charge in [0.1, 0.15) is 0 Å². The average molecular weight is 249 g/mol. The summed E-state index contributed by atoms with van der Waals surface area (Å²) < 4.78 is 0. The molecular weight excluding hydrogens is 222 g/mol. The first kappa shape index (κ1) is 15.1. The molecule has 0 saturated carbocycles. The summed E-state index contributed by atoms with van der Waals surface area (Å²) in [6, 6.07) is 5.00. The van der Waals surface area contributed by atoms with E-state index in [0.29, 0.717) is 12.0 Å². The Hall–Kier alpha value is -0.930. The molecule has 2 N–H and O–H groups in total. The topological polar surface area (TPSA) is 42.2 Å². The number of hydrogen-bond donors (Lipinski definition) is 1. The van der Waals surface area contributed by atoms with Crippen molar-refractivity contribution in [3.8, 4) is 0 Å². The van der Waals surface area contributed by atoms with Crippen LogP contribution in [0.4, 0.5) is 0 Å². The van der Waals surface area contributed by atoms with Crippen molar-refractivity contribution in [2.75, 3.05) is 7.05 Å². The van der Waals surface area contributed by atoms with E-state index >= 15 is 0 Å². The maximum Gasteiger partial charge on any atom is 0.0497 e. The molecule has 1 heterocycles. The molecule has 1 aromatic heterocycles. The van der Waals surface area contributed by atoms with Gasteiger partial charge in [0.05, 0.1) is 0 Å². The summed E-state index contributed by atoms with van der Waals surface area (Å²) in [5, 5.41) is 0. The minimum absolute atomic E-state index is 0.104. The van der Waals surface area contributed by atoms with Gasteiger partial charge in [-0.2, -0.15) is 0 Å². The minimum Gasteiger partial charge on any atom is -0.326 e. The summed E-state index contributed by atoms with van der Waals surface area (Å²) in [5.41, 5.74) is 7.42. The molecule has 0 spiro atoms. The zero-order chi connectivity index (χ0) is 13.7. The first-order chi connectivity index (χ1) is 8.43. The third-order valence-electron chi connectivity index (χ3n) is 3.49. The number of aromatic nitrogens is 1. The predicted molar refractivity (Wildman–Crippen MR) is 77.3 cm³/mol. The molecule has 18 heavy (non-hydrogen) atoms. The molecule has 0 saturated heterocycles. The van der Waals surface area contributed by atoms with Crippen LogP contribution in [0, 0.1) is 5.92 Å². The van der Waals surface area contributed by atoms with Crippen LogP contribution in [-0.4, -0.2) is 29.0 Å². The van der Waals surface area contributed by atoms with Gasteiger partial charge in [-0.3, -0.25) is 9.88 Å². The van der Waals surface area contributed by atoms with Crippen molar-refractivity contribution in [1.82, 2.24) is 9.88 Å². The van der Waals surface area contributed by atoms with Gasteiger partial charge in [0.2, 0.25) is 0 Å². The van der Waals surface area contributed by atoms with E-state index in [1.165, 1.54) is 12.0 Å². The Bertz CT molecular complexity index is 335. The molecule has 0 aliphatic carbocycles. The van der Waals surface area contributed by atoms with Gasteiger partial charge in [-0.15, -0.1) is 0 Å². The van der Waals surface area contributed by atoms with Crippen molar-refractivity contribution in [2.45, 2.75) is 52.2 Å². The summed E-state index contributed by atoms with van der Waals surface area (Å²) in [4.78, 5) is 6.47. The summed E-state index contributed by atoms with van der Waals surface area (Å²) in [7, 11) is 2.17. The van der Waals surface area contributed by atoms with Crippen molar-refractivity contribution < 1.29 is 0 Å². The van der Waals surface area contributed by atoms with Crippen molar-refractivity contribution in [3.05, 3.63) is 30.1 Å². The van der Waals surface area contributed by atoms with Gasteiger partial charge in [-0.1, -0.05) is 13.8 Å². The molecular formula is C15H27N3. The van der Waals surface area contributed by atoms with E-state index in [-0.39, 0.29) is 12.1 Å². The summed E-state index contributed by atoms with van der Waals surface area (Å²) in [6.45, 7) is 8.87. The summed E-state index contributed by atoms with van der Waals surface area (Å²) in [5.74, 6) is 0.702. The Labute approximate surface area is 111 Å². The van der Waals surface area contributed by atoms with Crippen molar-refractivity contribution in [2.24, 2.45) is 11.7 Å². The standard InChI is InChI=1S/C15H27N3/c1-11(2)10-12(3)18(5)15(13(4)16)14-6-8-17-9-7-14/h6-9,11-13,15H,10,16H2,1-5H3. The molecule has 3 heteroatoms. The lowest BCUT2D eigenvalue weighted by atomic mass is 9.96. The zero-order valence-corrected chi connectivity index (χ0v) is 12.3. The second kappa shape index (κ2) is 6.86. The molecule has 1 rings (SSSR count). The largest absolute Gasteiger partial charge is 0.326 e. The zero-order valence-electron chi connectivity index (χ0n) is 12.3. The van der Waals surface area contributed by atoms with Crippen LogP contribution in [0.2, 0.25) is 0 Å². The predicted octanol–water partition coefficient (Wildman–Crippen LogP) is 2.84. The third-order valence-corrected chi connectivity index (χ3v) is 3.49. The number of likely N-dealkylation sites (N-methyl/N-ethyl adjacent to an activating group) is 1. The lowest BCUT2D eigenvalue weighted by Gasteiger charge is -2.36. The maximum atomic E-state index is 6.18. The van der Waals surface area contributed by atoms with E-state index < -0.39 is 0 Å². The molecule has 0 radical (unpaired) electrons. The molecule has 0 fully saturated rings. The quantitative estimate of drug-likeness (QED) is 0.843. The lowest BCUT2D eigenvalue weighted by molar-refractivity contribution is 0.148. The Balaban J connectivity index is 2.86. The normalized spacial score (nSPS) is 16.9. The van der Waals surface area contributed by atoms with Crippen molar-refractivity contribution in [3.63, 3.8) is 0 Å². The molecule has 3 unspecified atom stereocenters. The average Bonchev–Trinajstić information content (AvgIpc) is 2.29. The van der Waals surface area contributed by atoms with E-state index in [9.17, 15) is 0 Å². The van der Waals surface area contributed by atoms with Gasteiger partial charge in [0.25, 0.3) is 0 Å². The molecule has 0 bridgehead atoms. The molecule has 0 aliphatic rings. The van der Waals surface area contributed by atoms with Crippen LogP contribution in [-0.2, 0) is 0 Å². The highest BCUT2D eigenvalue weighted by atomic mass is 15.2. The molecule has 3 atom stereocenters. The fourth-order valence-electron chi connectivity index (χ4n) is 2.59. The Morgan fingerprint density at radius 2 is 1.72 bits per heavy atom. The Morgan fingerprint density at radius 1 is 1.17 bits per heavy atom. The number of pyridine rings is 1. The van der Waals surface area contributed by atoms with Gasteiger partial charge in [0, 0.05) is 30.5 Å². The number of nitrogens with two attached hydrogens (primary N) is 1. The van der Waals surface area contributed by atoms with E-state index in [4.69, 9.17) is 5.73 Å². The Morgan fingerprint density at radius 3 is 2.17 bits per heavy atom. The van der Waals surface area contributed by atoms with Crippen LogP contribution >= 0.6 is 0 Å². The van der Waals surface area contributed by atoms with Gasteiger partial charge < -0.3 is 5.73 Å². The second-order valence-corrected chi connectivity index (χ2v) is 5.73. The number of hydrogen-bond acceptors (Lipinski definition) is 3. The second-order valence-electron chi connectivity index (χ2n) is 5.73. The third kappa shape index (κ3) is 4.07. The maximum absolute atomic E-state index is 6.18.